The third-order valence-electron chi connectivity index (χ3n) is 9.12. The van der Waals surface area contributed by atoms with E-state index >= 15 is 0 Å². The van der Waals surface area contributed by atoms with Crippen molar-refractivity contribution < 1.29 is 37.3 Å². The van der Waals surface area contributed by atoms with Gasteiger partial charge in [-0.25, -0.2) is 4.57 Å². The number of rotatable bonds is 40. The smallest absolute Gasteiger partial charge is 0.457 e. The summed E-state index contributed by atoms with van der Waals surface area (Å²) in [4.78, 5) is 22.9. The van der Waals surface area contributed by atoms with Gasteiger partial charge in [-0.1, -0.05) is 146 Å². The summed E-state index contributed by atoms with van der Waals surface area (Å²) in [5.41, 5.74) is 0. The Bertz CT molecular complexity index is 1000. The highest BCUT2D eigenvalue weighted by atomic mass is 31.2. The van der Waals surface area contributed by atoms with E-state index in [9.17, 15) is 14.3 Å². The zero-order valence-corrected chi connectivity index (χ0v) is 36.6. The van der Waals surface area contributed by atoms with E-state index in [1.54, 1.807) is 0 Å². The molecule has 316 valence electrons. The lowest BCUT2D eigenvalue weighted by atomic mass is 10.1. The van der Waals surface area contributed by atoms with Gasteiger partial charge < -0.3 is 18.9 Å². The number of phosphoric acid groups is 1. The Balaban J connectivity index is 4.27. The quantitative estimate of drug-likeness (QED) is 0.0218. The number of carbonyl (C=O) groups excluding carboxylic acids is 1. The van der Waals surface area contributed by atoms with Crippen LogP contribution in [0.15, 0.2) is 48.6 Å². The number of esters is 1. The zero-order chi connectivity index (χ0) is 39.9. The predicted molar refractivity (Wildman–Crippen MR) is 229 cm³/mol. The predicted octanol–water partition coefficient (Wildman–Crippen LogP) is 12.8. The van der Waals surface area contributed by atoms with Crippen LogP contribution in [0.4, 0.5) is 0 Å². The molecular formula is C45H85NO7P+. The first-order valence-corrected chi connectivity index (χ1v) is 23.4. The Morgan fingerprint density at radius 2 is 1.07 bits per heavy atom. The van der Waals surface area contributed by atoms with Crippen LogP contribution in [0.25, 0.3) is 0 Å². The Morgan fingerprint density at radius 1 is 0.593 bits per heavy atom. The summed E-state index contributed by atoms with van der Waals surface area (Å²) >= 11 is 0. The molecule has 0 radical (unpaired) electrons. The summed E-state index contributed by atoms with van der Waals surface area (Å²) in [5.74, 6) is -0.328. The number of carbonyl (C=O) groups is 1. The maximum Gasteiger partial charge on any atom is 0.472 e. The number of ether oxygens (including phenoxy) is 2. The minimum absolute atomic E-state index is 0.0818. The fourth-order valence-corrected chi connectivity index (χ4v) is 6.48. The highest BCUT2D eigenvalue weighted by molar-refractivity contribution is 7.47. The van der Waals surface area contributed by atoms with Crippen molar-refractivity contribution in [2.24, 2.45) is 0 Å². The van der Waals surface area contributed by atoms with Gasteiger partial charge in [0.15, 0.2) is 0 Å². The Labute approximate surface area is 333 Å². The molecule has 0 aliphatic rings. The van der Waals surface area contributed by atoms with Crippen molar-refractivity contribution in [1.29, 1.82) is 0 Å². The summed E-state index contributed by atoms with van der Waals surface area (Å²) in [6, 6.07) is 0. The number of nitrogens with zero attached hydrogens (tertiary/aromatic N) is 1. The molecule has 0 aliphatic heterocycles. The highest BCUT2D eigenvalue weighted by Crippen LogP contribution is 2.43. The lowest BCUT2D eigenvalue weighted by Crippen LogP contribution is -2.37. The van der Waals surface area contributed by atoms with E-state index < -0.39 is 13.9 Å². The first-order chi connectivity index (χ1) is 26.1. The molecule has 0 aromatic carbocycles. The van der Waals surface area contributed by atoms with E-state index in [4.69, 9.17) is 18.5 Å². The molecule has 54 heavy (non-hydrogen) atoms. The number of quaternary nitrogens is 1. The first-order valence-electron chi connectivity index (χ1n) is 21.9. The summed E-state index contributed by atoms with van der Waals surface area (Å²) in [6.07, 6.45) is 45.7. The molecule has 0 aromatic heterocycles. The molecule has 2 atom stereocenters. The van der Waals surface area contributed by atoms with Gasteiger partial charge >= 0.3 is 13.8 Å². The average Bonchev–Trinajstić information content (AvgIpc) is 3.12. The van der Waals surface area contributed by atoms with Gasteiger partial charge in [-0.2, -0.15) is 0 Å². The number of phosphoric ester groups is 1. The van der Waals surface area contributed by atoms with Gasteiger partial charge in [0.25, 0.3) is 0 Å². The summed E-state index contributed by atoms with van der Waals surface area (Å²) in [5, 5.41) is 0. The summed E-state index contributed by atoms with van der Waals surface area (Å²) < 4.78 is 34.9. The number of allylic oxidation sites excluding steroid dienone is 8. The van der Waals surface area contributed by atoms with E-state index in [1.807, 2.05) is 21.1 Å². The molecule has 0 saturated heterocycles. The second kappa shape index (κ2) is 38.3. The van der Waals surface area contributed by atoms with E-state index in [2.05, 4.69) is 62.5 Å². The maximum absolute atomic E-state index is 12.7. The molecule has 9 heteroatoms. The Morgan fingerprint density at radius 3 is 1.63 bits per heavy atom. The monoisotopic (exact) mass is 783 g/mol. The van der Waals surface area contributed by atoms with Crippen molar-refractivity contribution in [3.63, 3.8) is 0 Å². The van der Waals surface area contributed by atoms with Crippen LogP contribution in [0.5, 0.6) is 0 Å². The fraction of sp³-hybridized carbons (Fsp3) is 0.800. The van der Waals surface area contributed by atoms with Crippen LogP contribution in [0.3, 0.4) is 0 Å². The lowest BCUT2D eigenvalue weighted by molar-refractivity contribution is -0.870. The second-order valence-corrected chi connectivity index (χ2v) is 17.1. The molecule has 0 rings (SSSR count). The van der Waals surface area contributed by atoms with Gasteiger partial charge in [-0.05, 0) is 70.6 Å². The van der Waals surface area contributed by atoms with Crippen LogP contribution in [0.1, 0.15) is 174 Å². The van der Waals surface area contributed by atoms with E-state index in [0.717, 1.165) is 70.6 Å². The van der Waals surface area contributed by atoms with E-state index in [-0.39, 0.29) is 25.8 Å². The third-order valence-corrected chi connectivity index (χ3v) is 10.1. The second-order valence-electron chi connectivity index (χ2n) is 15.7. The van der Waals surface area contributed by atoms with Crippen molar-refractivity contribution in [3.8, 4) is 0 Å². The van der Waals surface area contributed by atoms with Gasteiger partial charge in [0.1, 0.15) is 19.3 Å². The highest BCUT2D eigenvalue weighted by Gasteiger charge is 2.26. The molecule has 0 fully saturated rings. The van der Waals surface area contributed by atoms with Crippen LogP contribution in [-0.2, 0) is 27.9 Å². The van der Waals surface area contributed by atoms with Crippen molar-refractivity contribution in [1.82, 2.24) is 0 Å². The molecule has 0 bridgehead atoms. The largest absolute Gasteiger partial charge is 0.472 e. The van der Waals surface area contributed by atoms with Crippen LogP contribution in [0, 0.1) is 0 Å². The van der Waals surface area contributed by atoms with Crippen molar-refractivity contribution in [2.75, 3.05) is 54.1 Å². The molecule has 1 N–H and O–H groups in total. The lowest BCUT2D eigenvalue weighted by Gasteiger charge is -2.24. The van der Waals surface area contributed by atoms with Crippen LogP contribution in [0.2, 0.25) is 0 Å². The zero-order valence-electron chi connectivity index (χ0n) is 35.7. The number of hydrogen-bond acceptors (Lipinski definition) is 6. The number of unbranched alkanes of at least 4 members (excludes halogenated alkanes) is 18. The van der Waals surface area contributed by atoms with Crippen molar-refractivity contribution in [2.45, 2.75) is 180 Å². The topological polar surface area (TPSA) is 91.3 Å². The van der Waals surface area contributed by atoms with E-state index in [0.29, 0.717) is 24.1 Å². The van der Waals surface area contributed by atoms with Crippen LogP contribution < -0.4 is 0 Å². The molecule has 0 saturated carbocycles. The van der Waals surface area contributed by atoms with Crippen LogP contribution in [-0.4, -0.2) is 75.6 Å². The normalized spacial score (nSPS) is 14.3. The standard InChI is InChI=1S/C45H84NO7P/c1-6-8-10-12-14-16-18-20-22-23-24-25-26-28-30-32-34-36-38-45(47)53-44(43-52-54(48,49)51-41-39-46(3,4)5)42-50-40-37-35-33-31-29-27-21-19-17-15-13-11-9-7-2/h9,11,15,17,21-23,27,44H,6-8,10,12-14,16,18-20,24-26,28-43H2,1-5H3/p+1/b11-9-,17-15-,23-22-,27-21-. The maximum atomic E-state index is 12.7. The molecule has 0 aliphatic carbocycles. The van der Waals surface area contributed by atoms with Gasteiger partial charge in [0, 0.05) is 13.0 Å². The summed E-state index contributed by atoms with van der Waals surface area (Å²) in [7, 11) is 1.64. The SMILES string of the molecule is CC/C=C\C/C=C\C/C=C\CCCCCCOCC(COP(=O)(O)OCC[N+](C)(C)C)OC(=O)CCCCCCCCC/C=C\CCCCCCCCC. The molecule has 0 aromatic rings. The molecule has 0 spiro atoms. The molecule has 8 nitrogen and oxygen atoms in total. The summed E-state index contributed by atoms with van der Waals surface area (Å²) in [6.45, 7) is 5.45. The molecule has 0 amide bonds. The Hall–Kier alpha value is -1.54. The van der Waals surface area contributed by atoms with Gasteiger partial charge in [-0.3, -0.25) is 13.8 Å². The van der Waals surface area contributed by atoms with Crippen LogP contribution >= 0.6 is 7.82 Å². The van der Waals surface area contributed by atoms with E-state index in [1.165, 1.54) is 83.5 Å². The fourth-order valence-electron chi connectivity index (χ4n) is 5.74. The average molecular weight is 783 g/mol. The number of hydrogen-bond donors (Lipinski definition) is 1. The molecule has 0 heterocycles. The third kappa shape index (κ3) is 41.6. The minimum atomic E-state index is -4.28. The van der Waals surface area contributed by atoms with Crippen molar-refractivity contribution in [3.05, 3.63) is 48.6 Å². The molecule has 2 unspecified atom stereocenters. The Kier molecular flexibility index (Phi) is 37.2. The van der Waals surface area contributed by atoms with Gasteiger partial charge in [-0.15, -0.1) is 0 Å². The van der Waals surface area contributed by atoms with Gasteiger partial charge in [0.05, 0.1) is 34.4 Å². The first kappa shape index (κ1) is 52.5. The van der Waals surface area contributed by atoms with Gasteiger partial charge in [0.2, 0.25) is 0 Å². The van der Waals surface area contributed by atoms with Crippen molar-refractivity contribution >= 4 is 13.8 Å². The number of likely N-dealkylation sites (N-methyl/N-ethyl adjacent to an activating group) is 1. The molecular weight excluding hydrogens is 697 g/mol. The minimum Gasteiger partial charge on any atom is -0.457 e.